The van der Waals surface area contributed by atoms with Crippen molar-refractivity contribution in [2.75, 3.05) is 19.5 Å². The molecule has 0 saturated carbocycles. The quantitative estimate of drug-likeness (QED) is 0.776. The lowest BCUT2D eigenvalue weighted by Crippen LogP contribution is -2.11. The molecule has 0 atom stereocenters. The molecule has 1 heterocycles. The Kier molecular flexibility index (Phi) is 4.42. The summed E-state index contributed by atoms with van der Waals surface area (Å²) in [6, 6.07) is 13.9. The second kappa shape index (κ2) is 6.82. The highest BCUT2D eigenvalue weighted by Gasteiger charge is 2.13. The van der Waals surface area contributed by atoms with E-state index in [0.717, 1.165) is 11.3 Å². The van der Waals surface area contributed by atoms with E-state index in [0.29, 0.717) is 17.2 Å². The van der Waals surface area contributed by atoms with E-state index < -0.39 is 0 Å². The van der Waals surface area contributed by atoms with Gasteiger partial charge in [-0.05, 0) is 48.5 Å². The van der Waals surface area contributed by atoms with Gasteiger partial charge in [-0.3, -0.25) is 10.1 Å². The van der Waals surface area contributed by atoms with Gasteiger partial charge in [0.25, 0.3) is 5.91 Å². The van der Waals surface area contributed by atoms with Crippen LogP contribution in [0.4, 0.5) is 6.01 Å². The van der Waals surface area contributed by atoms with Crippen LogP contribution in [-0.4, -0.2) is 30.3 Å². The number of hydrogen-bond donors (Lipinski definition) is 1. The zero-order valence-corrected chi connectivity index (χ0v) is 13.1. The van der Waals surface area contributed by atoms with E-state index in [4.69, 9.17) is 13.9 Å². The second-order valence-electron chi connectivity index (χ2n) is 4.82. The number of hydrogen-bond acceptors (Lipinski definition) is 6. The third-order valence-electron chi connectivity index (χ3n) is 3.33. The number of aromatic nitrogens is 2. The first-order chi connectivity index (χ1) is 11.7. The molecule has 0 aliphatic carbocycles. The number of nitrogens with zero attached hydrogens (tertiary/aromatic N) is 2. The Morgan fingerprint density at radius 2 is 1.50 bits per heavy atom. The number of ether oxygens (including phenoxy) is 2. The Balaban J connectivity index is 1.71. The van der Waals surface area contributed by atoms with Gasteiger partial charge in [-0.25, -0.2) is 0 Å². The summed E-state index contributed by atoms with van der Waals surface area (Å²) < 4.78 is 15.6. The van der Waals surface area contributed by atoms with E-state index in [-0.39, 0.29) is 11.9 Å². The van der Waals surface area contributed by atoms with Crippen LogP contribution < -0.4 is 14.8 Å². The minimum Gasteiger partial charge on any atom is -0.497 e. The Morgan fingerprint density at radius 3 is 2.08 bits per heavy atom. The lowest BCUT2D eigenvalue weighted by Gasteiger charge is -2.02. The third kappa shape index (κ3) is 3.35. The average Bonchev–Trinajstić information content (AvgIpc) is 3.10. The number of carbonyl (C=O) groups is 1. The smallest absolute Gasteiger partial charge is 0.322 e. The zero-order valence-electron chi connectivity index (χ0n) is 13.1. The first kappa shape index (κ1) is 15.5. The summed E-state index contributed by atoms with van der Waals surface area (Å²) in [4.78, 5) is 12.1. The summed E-state index contributed by atoms with van der Waals surface area (Å²) in [6.45, 7) is 0. The van der Waals surface area contributed by atoms with Crippen LogP contribution in [0.2, 0.25) is 0 Å². The average molecular weight is 325 g/mol. The van der Waals surface area contributed by atoms with Gasteiger partial charge in [0, 0.05) is 11.1 Å². The van der Waals surface area contributed by atoms with Gasteiger partial charge in [-0.15, -0.1) is 5.10 Å². The van der Waals surface area contributed by atoms with E-state index in [2.05, 4.69) is 15.5 Å². The van der Waals surface area contributed by atoms with Gasteiger partial charge >= 0.3 is 6.01 Å². The fraction of sp³-hybridized carbons (Fsp3) is 0.118. The fourth-order valence-corrected chi connectivity index (χ4v) is 2.04. The normalized spacial score (nSPS) is 10.2. The molecule has 1 N–H and O–H groups in total. The molecule has 1 aromatic heterocycles. The number of amides is 1. The molecular weight excluding hydrogens is 310 g/mol. The molecule has 0 unspecified atom stereocenters. The van der Waals surface area contributed by atoms with E-state index in [1.54, 1.807) is 62.8 Å². The van der Waals surface area contributed by atoms with Crippen molar-refractivity contribution in [1.82, 2.24) is 10.2 Å². The van der Waals surface area contributed by atoms with Crippen LogP contribution in [0.15, 0.2) is 52.9 Å². The number of carbonyl (C=O) groups excluding carboxylic acids is 1. The monoisotopic (exact) mass is 325 g/mol. The molecule has 0 spiro atoms. The van der Waals surface area contributed by atoms with Crippen molar-refractivity contribution in [2.45, 2.75) is 0 Å². The van der Waals surface area contributed by atoms with Crippen molar-refractivity contribution < 1.29 is 18.7 Å². The highest BCUT2D eigenvalue weighted by Crippen LogP contribution is 2.22. The van der Waals surface area contributed by atoms with Gasteiger partial charge in [-0.2, -0.15) is 0 Å². The van der Waals surface area contributed by atoms with Gasteiger partial charge < -0.3 is 13.9 Å². The number of benzene rings is 2. The second-order valence-corrected chi connectivity index (χ2v) is 4.82. The summed E-state index contributed by atoms with van der Waals surface area (Å²) in [6.07, 6.45) is 0. The lowest BCUT2D eigenvalue weighted by atomic mass is 10.2. The van der Waals surface area contributed by atoms with Crippen molar-refractivity contribution in [1.29, 1.82) is 0 Å². The van der Waals surface area contributed by atoms with Crippen molar-refractivity contribution in [3.8, 4) is 23.0 Å². The van der Waals surface area contributed by atoms with E-state index in [1.807, 2.05) is 0 Å². The van der Waals surface area contributed by atoms with Crippen LogP contribution >= 0.6 is 0 Å². The topological polar surface area (TPSA) is 86.5 Å². The molecule has 0 saturated heterocycles. The van der Waals surface area contributed by atoms with Gasteiger partial charge in [0.05, 0.1) is 14.2 Å². The number of anilines is 1. The number of rotatable bonds is 5. The molecule has 122 valence electrons. The standard InChI is InChI=1S/C17H15N3O4/c1-22-13-7-3-11(4-8-13)15(21)18-17-20-19-16(24-17)12-5-9-14(23-2)10-6-12/h3-10H,1-2H3,(H,18,20,21). The van der Waals surface area contributed by atoms with Crippen LogP contribution in [0.1, 0.15) is 10.4 Å². The maximum atomic E-state index is 12.1. The van der Waals surface area contributed by atoms with Gasteiger partial charge in [0.1, 0.15) is 11.5 Å². The number of nitrogens with one attached hydrogen (secondary N) is 1. The molecule has 1 amide bonds. The lowest BCUT2D eigenvalue weighted by molar-refractivity contribution is 0.102. The molecule has 3 rings (SSSR count). The van der Waals surface area contributed by atoms with Crippen LogP contribution in [0.5, 0.6) is 11.5 Å². The maximum Gasteiger partial charge on any atom is 0.322 e. The molecule has 3 aromatic rings. The highest BCUT2D eigenvalue weighted by atomic mass is 16.5. The van der Waals surface area contributed by atoms with E-state index in [9.17, 15) is 4.79 Å². The maximum absolute atomic E-state index is 12.1. The third-order valence-corrected chi connectivity index (χ3v) is 3.33. The van der Waals surface area contributed by atoms with Crippen LogP contribution in [0.3, 0.4) is 0 Å². The molecule has 0 radical (unpaired) electrons. The van der Waals surface area contributed by atoms with Gasteiger partial charge in [0.2, 0.25) is 5.89 Å². The summed E-state index contributed by atoms with van der Waals surface area (Å²) in [5.74, 6) is 1.36. The molecule has 7 heteroatoms. The molecule has 0 aliphatic heterocycles. The number of methoxy groups -OCH3 is 2. The Labute approximate surface area is 138 Å². The molecule has 0 fully saturated rings. The van der Waals surface area contributed by atoms with Gasteiger partial charge in [0.15, 0.2) is 0 Å². The molecular formula is C17H15N3O4. The summed E-state index contributed by atoms with van der Waals surface area (Å²) in [7, 11) is 3.16. The first-order valence-corrected chi connectivity index (χ1v) is 7.13. The summed E-state index contributed by atoms with van der Waals surface area (Å²) in [5.41, 5.74) is 1.19. The predicted octanol–water partition coefficient (Wildman–Crippen LogP) is 3.01. The van der Waals surface area contributed by atoms with Crippen LogP contribution in [0.25, 0.3) is 11.5 Å². The Morgan fingerprint density at radius 1 is 0.917 bits per heavy atom. The van der Waals surface area contributed by atoms with Crippen molar-refractivity contribution in [3.63, 3.8) is 0 Å². The SMILES string of the molecule is COc1ccc(C(=O)Nc2nnc(-c3ccc(OC)cc3)o2)cc1. The molecule has 0 aliphatic rings. The van der Waals surface area contributed by atoms with Crippen molar-refractivity contribution >= 4 is 11.9 Å². The Hall–Kier alpha value is -3.35. The van der Waals surface area contributed by atoms with Crippen LogP contribution in [-0.2, 0) is 0 Å². The van der Waals surface area contributed by atoms with E-state index in [1.165, 1.54) is 0 Å². The zero-order chi connectivity index (χ0) is 16.9. The predicted molar refractivity (Wildman–Crippen MR) is 87.2 cm³/mol. The Bertz CT molecular complexity index is 826. The van der Waals surface area contributed by atoms with Crippen LogP contribution in [0, 0.1) is 0 Å². The van der Waals surface area contributed by atoms with Crippen molar-refractivity contribution in [2.24, 2.45) is 0 Å². The first-order valence-electron chi connectivity index (χ1n) is 7.13. The minimum atomic E-state index is -0.345. The van der Waals surface area contributed by atoms with Crippen molar-refractivity contribution in [3.05, 3.63) is 54.1 Å². The molecule has 24 heavy (non-hydrogen) atoms. The largest absolute Gasteiger partial charge is 0.497 e. The molecule has 2 aromatic carbocycles. The summed E-state index contributed by atoms with van der Waals surface area (Å²) >= 11 is 0. The summed E-state index contributed by atoms with van der Waals surface area (Å²) in [5, 5.41) is 10.3. The fourth-order valence-electron chi connectivity index (χ4n) is 2.04. The highest BCUT2D eigenvalue weighted by molar-refractivity contribution is 6.03. The molecule has 7 nitrogen and oxygen atoms in total. The molecule has 0 bridgehead atoms. The minimum absolute atomic E-state index is 0.0293. The van der Waals surface area contributed by atoms with E-state index >= 15 is 0 Å². The van der Waals surface area contributed by atoms with Gasteiger partial charge in [-0.1, -0.05) is 5.10 Å².